The monoisotopic (exact) mass is 311 g/mol. The maximum Gasteiger partial charge on any atom is 0.231 e. The molecule has 1 aliphatic heterocycles. The highest BCUT2D eigenvalue weighted by molar-refractivity contribution is 6.32. The van der Waals surface area contributed by atoms with Crippen molar-refractivity contribution in [2.75, 3.05) is 6.79 Å². The van der Waals surface area contributed by atoms with Crippen LogP contribution < -0.4 is 9.47 Å². The van der Waals surface area contributed by atoms with Crippen LogP contribution in [-0.4, -0.2) is 12.6 Å². The maximum atomic E-state index is 12.3. The van der Waals surface area contributed by atoms with Gasteiger partial charge in [-0.1, -0.05) is 41.9 Å². The quantitative estimate of drug-likeness (QED) is 0.490. The molecule has 0 aromatic heterocycles. The van der Waals surface area contributed by atoms with Gasteiger partial charge in [-0.3, -0.25) is 4.79 Å². The summed E-state index contributed by atoms with van der Waals surface area (Å²) in [6, 6.07) is 13.9. The number of rotatable bonds is 3. The average Bonchev–Trinajstić information content (AvgIpc) is 3.02. The summed E-state index contributed by atoms with van der Waals surface area (Å²) in [7, 11) is 0. The third-order valence-corrected chi connectivity index (χ3v) is 3.44. The van der Waals surface area contributed by atoms with Crippen molar-refractivity contribution in [2.24, 2.45) is 0 Å². The number of hydrogen-bond acceptors (Lipinski definition) is 4. The van der Waals surface area contributed by atoms with E-state index in [1.165, 1.54) is 6.08 Å². The molecule has 5 heteroatoms. The second kappa shape index (κ2) is 5.92. The van der Waals surface area contributed by atoms with E-state index in [-0.39, 0.29) is 18.1 Å². The van der Waals surface area contributed by atoms with Gasteiger partial charge in [0.05, 0.1) is 5.02 Å². The summed E-state index contributed by atoms with van der Waals surface area (Å²) >= 11 is 6.10. The van der Waals surface area contributed by atoms with Gasteiger partial charge in [0, 0.05) is 5.56 Å². The van der Waals surface area contributed by atoms with Gasteiger partial charge in [0.25, 0.3) is 0 Å². The van der Waals surface area contributed by atoms with Gasteiger partial charge in [-0.2, -0.15) is 5.26 Å². The predicted molar refractivity (Wildman–Crippen MR) is 81.9 cm³/mol. The van der Waals surface area contributed by atoms with Gasteiger partial charge in [-0.15, -0.1) is 0 Å². The first-order valence-corrected chi connectivity index (χ1v) is 6.87. The lowest BCUT2D eigenvalue weighted by atomic mass is 10.0. The molecule has 0 N–H and O–H groups in total. The molecule has 1 aliphatic rings. The molecule has 2 aromatic rings. The fraction of sp³-hybridized carbons (Fsp3) is 0.0588. The smallest absolute Gasteiger partial charge is 0.231 e. The average molecular weight is 312 g/mol. The molecule has 22 heavy (non-hydrogen) atoms. The van der Waals surface area contributed by atoms with Crippen molar-refractivity contribution in [3.8, 4) is 17.6 Å². The fourth-order valence-corrected chi connectivity index (χ4v) is 2.40. The predicted octanol–water partition coefficient (Wildman–Crippen LogP) is 3.86. The van der Waals surface area contributed by atoms with E-state index in [1.54, 1.807) is 36.4 Å². The van der Waals surface area contributed by atoms with Crippen LogP contribution in [0.3, 0.4) is 0 Å². The van der Waals surface area contributed by atoms with Crippen LogP contribution >= 0.6 is 11.6 Å². The lowest BCUT2D eigenvalue weighted by Crippen LogP contribution is -2.01. The number of fused-ring (bicyclic) bond motifs is 1. The SMILES string of the molecule is N#C/C(=C\c1cc(Cl)c2c(c1)OCO2)C(=O)c1ccccc1. The van der Waals surface area contributed by atoms with Gasteiger partial charge in [0.2, 0.25) is 12.6 Å². The molecule has 3 rings (SSSR count). The lowest BCUT2D eigenvalue weighted by molar-refractivity contribution is 0.104. The number of nitrogens with zero attached hydrogens (tertiary/aromatic N) is 1. The summed E-state index contributed by atoms with van der Waals surface area (Å²) in [5.41, 5.74) is 1.10. The van der Waals surface area contributed by atoms with Crippen molar-refractivity contribution in [3.63, 3.8) is 0 Å². The molecule has 0 amide bonds. The molecule has 2 aromatic carbocycles. The summed E-state index contributed by atoms with van der Waals surface area (Å²) in [6.07, 6.45) is 1.49. The summed E-state index contributed by atoms with van der Waals surface area (Å²) in [6.45, 7) is 0.107. The molecule has 0 fully saturated rings. The van der Waals surface area contributed by atoms with Crippen LogP contribution in [0, 0.1) is 11.3 Å². The molecule has 0 bridgehead atoms. The third kappa shape index (κ3) is 2.67. The molecule has 0 saturated carbocycles. The molecule has 4 nitrogen and oxygen atoms in total. The van der Waals surface area contributed by atoms with Crippen LogP contribution in [0.5, 0.6) is 11.5 Å². The number of hydrogen-bond donors (Lipinski definition) is 0. The Bertz CT molecular complexity index is 807. The third-order valence-electron chi connectivity index (χ3n) is 3.16. The number of allylic oxidation sites excluding steroid dienone is 1. The highest BCUT2D eigenvalue weighted by Crippen LogP contribution is 2.40. The Hall–Kier alpha value is -2.77. The number of nitriles is 1. The Balaban J connectivity index is 1.98. The van der Waals surface area contributed by atoms with Crippen LogP contribution in [0.1, 0.15) is 15.9 Å². The molecule has 1 heterocycles. The molecule has 0 spiro atoms. The van der Waals surface area contributed by atoms with Crippen LogP contribution in [0.2, 0.25) is 5.02 Å². The normalized spacial score (nSPS) is 12.8. The Kier molecular flexibility index (Phi) is 3.82. The van der Waals surface area contributed by atoms with E-state index in [9.17, 15) is 10.1 Å². The first-order chi connectivity index (χ1) is 10.7. The van der Waals surface area contributed by atoms with Gasteiger partial charge in [0.1, 0.15) is 11.6 Å². The van der Waals surface area contributed by atoms with E-state index in [0.29, 0.717) is 27.6 Å². The number of ketones is 1. The molecule has 0 aliphatic carbocycles. The molecule has 108 valence electrons. The number of halogens is 1. The molecule has 0 unspecified atom stereocenters. The minimum Gasteiger partial charge on any atom is -0.454 e. The molecule has 0 atom stereocenters. The molecular formula is C17H10ClNO3. The molecule has 0 radical (unpaired) electrons. The zero-order valence-corrected chi connectivity index (χ0v) is 12.1. The van der Waals surface area contributed by atoms with Crippen molar-refractivity contribution in [1.29, 1.82) is 5.26 Å². The van der Waals surface area contributed by atoms with Crippen LogP contribution in [0.15, 0.2) is 48.0 Å². The van der Waals surface area contributed by atoms with Crippen molar-refractivity contribution < 1.29 is 14.3 Å². The van der Waals surface area contributed by atoms with E-state index < -0.39 is 0 Å². The van der Waals surface area contributed by atoms with Gasteiger partial charge < -0.3 is 9.47 Å². The second-order valence-corrected chi connectivity index (χ2v) is 5.01. The van der Waals surface area contributed by atoms with Gasteiger partial charge in [-0.25, -0.2) is 0 Å². The standard InChI is InChI=1S/C17H10ClNO3/c18-14-7-11(8-15-17(14)22-10-21-15)6-13(9-19)16(20)12-4-2-1-3-5-12/h1-8H,10H2/b13-6+. The van der Waals surface area contributed by atoms with Crippen molar-refractivity contribution >= 4 is 23.5 Å². The molecule has 0 saturated heterocycles. The summed E-state index contributed by atoms with van der Waals surface area (Å²) in [5, 5.41) is 9.63. The summed E-state index contributed by atoms with van der Waals surface area (Å²) in [4.78, 5) is 12.3. The summed E-state index contributed by atoms with van der Waals surface area (Å²) in [5.74, 6) is 0.645. The Labute approximate surface area is 132 Å². The number of carbonyl (C=O) groups excluding carboxylic acids is 1. The molecular weight excluding hydrogens is 302 g/mol. The van der Waals surface area contributed by atoms with E-state index >= 15 is 0 Å². The minimum absolute atomic E-state index is 0.0288. The van der Waals surface area contributed by atoms with Crippen LogP contribution in [0.25, 0.3) is 6.08 Å². The Morgan fingerprint density at radius 3 is 2.73 bits per heavy atom. The van der Waals surface area contributed by atoms with Crippen molar-refractivity contribution in [2.45, 2.75) is 0 Å². The first kappa shape index (κ1) is 14.2. The summed E-state index contributed by atoms with van der Waals surface area (Å²) < 4.78 is 10.5. The fourth-order valence-electron chi connectivity index (χ4n) is 2.13. The zero-order valence-electron chi connectivity index (χ0n) is 11.4. The number of benzene rings is 2. The number of ether oxygens (including phenoxy) is 2. The highest BCUT2D eigenvalue weighted by atomic mass is 35.5. The topological polar surface area (TPSA) is 59.3 Å². The van der Waals surface area contributed by atoms with Crippen molar-refractivity contribution in [1.82, 2.24) is 0 Å². The maximum absolute atomic E-state index is 12.3. The number of carbonyl (C=O) groups is 1. The minimum atomic E-state index is -0.336. The lowest BCUT2D eigenvalue weighted by Gasteiger charge is -2.03. The van der Waals surface area contributed by atoms with E-state index in [4.69, 9.17) is 21.1 Å². The van der Waals surface area contributed by atoms with E-state index in [1.807, 2.05) is 12.1 Å². The van der Waals surface area contributed by atoms with Crippen LogP contribution in [0.4, 0.5) is 0 Å². The van der Waals surface area contributed by atoms with Crippen LogP contribution in [-0.2, 0) is 0 Å². The Morgan fingerprint density at radius 1 is 1.23 bits per heavy atom. The van der Waals surface area contributed by atoms with Gasteiger partial charge in [0.15, 0.2) is 11.5 Å². The number of Topliss-reactive ketones (excluding diaryl/α,β-unsaturated/α-hetero) is 1. The first-order valence-electron chi connectivity index (χ1n) is 6.50. The zero-order chi connectivity index (χ0) is 15.5. The van der Waals surface area contributed by atoms with E-state index in [0.717, 1.165) is 0 Å². The van der Waals surface area contributed by atoms with Crippen molar-refractivity contribution in [3.05, 3.63) is 64.2 Å². The van der Waals surface area contributed by atoms with E-state index in [2.05, 4.69) is 0 Å². The Morgan fingerprint density at radius 2 is 2.00 bits per heavy atom. The van der Waals surface area contributed by atoms with Gasteiger partial charge >= 0.3 is 0 Å². The largest absolute Gasteiger partial charge is 0.454 e. The highest BCUT2D eigenvalue weighted by Gasteiger charge is 2.19. The van der Waals surface area contributed by atoms with Gasteiger partial charge in [-0.05, 0) is 23.8 Å². The second-order valence-electron chi connectivity index (χ2n) is 4.60.